The third-order valence-corrected chi connectivity index (χ3v) is 7.99. The quantitative estimate of drug-likeness (QED) is 0.192. The minimum absolute atomic E-state index is 0.262. The number of aromatic nitrogens is 2. The van der Waals surface area contributed by atoms with Crippen LogP contribution in [0.4, 0.5) is 5.69 Å². The van der Waals surface area contributed by atoms with Gasteiger partial charge in [-0.05, 0) is 70.8 Å². The molecule has 0 bridgehead atoms. The Balaban J connectivity index is 1.40. The van der Waals surface area contributed by atoms with Crippen LogP contribution in [0.2, 0.25) is 0 Å². The van der Waals surface area contributed by atoms with Gasteiger partial charge in [0.15, 0.2) is 6.29 Å². The van der Waals surface area contributed by atoms with Gasteiger partial charge < -0.3 is 9.47 Å². The predicted octanol–water partition coefficient (Wildman–Crippen LogP) is 8.60. The fourth-order valence-electron chi connectivity index (χ4n) is 5.84. The van der Waals surface area contributed by atoms with Crippen molar-refractivity contribution in [3.63, 3.8) is 0 Å². The summed E-state index contributed by atoms with van der Waals surface area (Å²) in [5, 5.41) is 2.12. The second-order valence-electron chi connectivity index (χ2n) is 10.5. The first-order valence-corrected chi connectivity index (χ1v) is 14.1. The lowest BCUT2D eigenvalue weighted by molar-refractivity contribution is 0.0986. The minimum Gasteiger partial charge on any atom is -0.311 e. The van der Waals surface area contributed by atoms with Gasteiger partial charge in [-0.2, -0.15) is 0 Å². The zero-order valence-electron chi connectivity index (χ0n) is 23.5. The molecule has 43 heavy (non-hydrogen) atoms. The Hall–Kier alpha value is -5.81. The number of benzene rings is 5. The van der Waals surface area contributed by atoms with E-state index in [2.05, 4.69) is 39.9 Å². The van der Waals surface area contributed by atoms with Gasteiger partial charge in [0.1, 0.15) is 0 Å². The van der Waals surface area contributed by atoms with Crippen molar-refractivity contribution in [2.45, 2.75) is 0 Å². The van der Waals surface area contributed by atoms with Gasteiger partial charge in [-0.1, -0.05) is 78.9 Å². The number of pyridine rings is 1. The topological polar surface area (TPSA) is 55.2 Å². The van der Waals surface area contributed by atoms with Crippen molar-refractivity contribution in [3.05, 3.63) is 151 Å². The lowest BCUT2D eigenvalue weighted by Gasteiger charge is -2.22. The van der Waals surface area contributed by atoms with Crippen LogP contribution in [0, 0.1) is 0 Å². The second-order valence-corrected chi connectivity index (χ2v) is 10.5. The molecule has 0 atom stereocenters. The first-order chi connectivity index (χ1) is 21.1. The van der Waals surface area contributed by atoms with E-state index < -0.39 is 0 Å². The number of rotatable bonds is 6. The van der Waals surface area contributed by atoms with Crippen LogP contribution < -0.4 is 4.90 Å². The van der Waals surface area contributed by atoms with E-state index in [-0.39, 0.29) is 5.91 Å². The van der Waals surface area contributed by atoms with Crippen molar-refractivity contribution < 1.29 is 9.59 Å². The zero-order valence-corrected chi connectivity index (χ0v) is 23.5. The number of para-hydroxylation sites is 1. The van der Waals surface area contributed by atoms with Gasteiger partial charge in [0.25, 0.3) is 5.91 Å². The molecule has 0 aliphatic carbocycles. The zero-order chi connectivity index (χ0) is 29.3. The number of carbonyl (C=O) groups is 2. The van der Waals surface area contributed by atoms with Crippen molar-refractivity contribution in [1.82, 2.24) is 9.55 Å². The highest BCUT2D eigenvalue weighted by Gasteiger charge is 2.24. The van der Waals surface area contributed by atoms with Crippen LogP contribution in [-0.2, 0) is 0 Å². The van der Waals surface area contributed by atoms with E-state index in [4.69, 9.17) is 0 Å². The molecule has 5 aromatic carbocycles. The van der Waals surface area contributed by atoms with Gasteiger partial charge in [0, 0.05) is 41.5 Å². The number of nitrogens with zero attached hydrogens (tertiary/aromatic N) is 3. The van der Waals surface area contributed by atoms with E-state index in [1.807, 2.05) is 91.0 Å². The molecule has 5 nitrogen and oxygen atoms in total. The molecule has 0 radical (unpaired) electrons. The van der Waals surface area contributed by atoms with Gasteiger partial charge >= 0.3 is 0 Å². The molecule has 0 fully saturated rings. The van der Waals surface area contributed by atoms with Crippen LogP contribution in [0.5, 0.6) is 0 Å². The smallest absolute Gasteiger partial charge is 0.260 e. The van der Waals surface area contributed by atoms with E-state index in [9.17, 15) is 9.59 Å². The minimum atomic E-state index is -0.262. The van der Waals surface area contributed by atoms with Crippen LogP contribution in [-0.4, -0.2) is 28.8 Å². The highest BCUT2D eigenvalue weighted by atomic mass is 16.2. The fraction of sp³-hybridized carbons (Fsp3) is 0.0263. The number of aldehydes is 1. The summed E-state index contributed by atoms with van der Waals surface area (Å²) < 4.78 is 2.09. The molecule has 7 rings (SSSR count). The molecule has 0 saturated carbocycles. The van der Waals surface area contributed by atoms with E-state index in [0.717, 1.165) is 56.0 Å². The summed E-state index contributed by atoms with van der Waals surface area (Å²) in [5.41, 5.74) is 8.22. The van der Waals surface area contributed by atoms with Crippen molar-refractivity contribution in [2.75, 3.05) is 11.9 Å². The Labute approximate surface area is 249 Å². The predicted molar refractivity (Wildman–Crippen MR) is 174 cm³/mol. The maximum atomic E-state index is 14.3. The van der Waals surface area contributed by atoms with Gasteiger partial charge in [-0.3, -0.25) is 14.6 Å². The summed E-state index contributed by atoms with van der Waals surface area (Å²) in [5.74, 6) is -0.262. The number of fused-ring (bicyclic) bond motifs is 3. The molecule has 206 valence electrons. The summed E-state index contributed by atoms with van der Waals surface area (Å²) in [4.78, 5) is 32.5. The Morgan fingerprint density at radius 1 is 0.651 bits per heavy atom. The number of hydrogen-bond donors (Lipinski definition) is 0. The Bertz CT molecular complexity index is 2130. The monoisotopic (exact) mass is 557 g/mol. The first kappa shape index (κ1) is 26.1. The highest BCUT2D eigenvalue weighted by molar-refractivity contribution is 6.15. The molecule has 0 N–H and O–H groups in total. The molecule has 0 unspecified atom stereocenters. The molecule has 0 spiro atoms. The summed E-state index contributed by atoms with van der Waals surface area (Å²) in [6.45, 7) is 0. The molecule has 2 heterocycles. The summed E-state index contributed by atoms with van der Waals surface area (Å²) in [7, 11) is 1.75. The number of amides is 1. The molecule has 5 heteroatoms. The fourth-order valence-corrected chi connectivity index (χ4v) is 5.84. The third-order valence-electron chi connectivity index (χ3n) is 7.99. The molecular formula is C38H27N3O2. The largest absolute Gasteiger partial charge is 0.311 e. The maximum absolute atomic E-state index is 14.3. The Kier molecular flexibility index (Phi) is 6.60. The van der Waals surface area contributed by atoms with E-state index in [0.29, 0.717) is 16.8 Å². The van der Waals surface area contributed by atoms with Gasteiger partial charge in [-0.25, -0.2) is 0 Å². The van der Waals surface area contributed by atoms with Gasteiger partial charge in [0.2, 0.25) is 0 Å². The summed E-state index contributed by atoms with van der Waals surface area (Å²) >= 11 is 0. The average molecular weight is 558 g/mol. The van der Waals surface area contributed by atoms with E-state index in [1.54, 1.807) is 30.4 Å². The summed E-state index contributed by atoms with van der Waals surface area (Å²) in [6.07, 6.45) is 4.34. The Morgan fingerprint density at radius 2 is 1.33 bits per heavy atom. The molecular weight excluding hydrogens is 530 g/mol. The van der Waals surface area contributed by atoms with E-state index >= 15 is 0 Å². The van der Waals surface area contributed by atoms with Gasteiger partial charge in [0.05, 0.1) is 22.3 Å². The maximum Gasteiger partial charge on any atom is 0.260 e. The normalized spacial score (nSPS) is 11.1. The Morgan fingerprint density at radius 3 is 2.14 bits per heavy atom. The van der Waals surface area contributed by atoms with Gasteiger partial charge in [-0.15, -0.1) is 0 Å². The molecule has 0 aliphatic rings. The number of anilines is 1. The second kappa shape index (κ2) is 10.9. The van der Waals surface area contributed by atoms with E-state index in [1.165, 1.54) is 0 Å². The van der Waals surface area contributed by atoms with Crippen molar-refractivity contribution in [2.24, 2.45) is 0 Å². The average Bonchev–Trinajstić information content (AvgIpc) is 3.41. The lowest BCUT2D eigenvalue weighted by atomic mass is 10.0. The lowest BCUT2D eigenvalue weighted by Crippen LogP contribution is -2.28. The van der Waals surface area contributed by atoms with Crippen LogP contribution in [0.15, 0.2) is 140 Å². The SMILES string of the molecule is CN(C(=O)c1c(C=O)cccc1-n1c2ccccc2c2cc(-c3ccncc3)ccc21)c1cccc(-c2ccccc2)c1. The number of carbonyl (C=O) groups excluding carboxylic acids is 2. The van der Waals surface area contributed by atoms with Crippen LogP contribution in [0.3, 0.4) is 0 Å². The molecule has 0 saturated heterocycles. The molecule has 0 aliphatic heterocycles. The highest BCUT2D eigenvalue weighted by Crippen LogP contribution is 2.36. The molecule has 7 aromatic rings. The van der Waals surface area contributed by atoms with Crippen LogP contribution in [0.25, 0.3) is 49.7 Å². The van der Waals surface area contributed by atoms with Crippen LogP contribution in [0.1, 0.15) is 20.7 Å². The third kappa shape index (κ3) is 4.57. The van der Waals surface area contributed by atoms with Crippen molar-refractivity contribution in [1.29, 1.82) is 0 Å². The molecule has 1 amide bonds. The standard InChI is InChI=1S/C38H27N3O2/c1-40(31-13-7-11-28(23-31)26-9-3-2-4-10-26)38(43)37-30(25-42)12-8-16-36(37)41-34-15-6-5-14-32(34)33-24-29(17-18-35(33)41)27-19-21-39-22-20-27/h2-25H,1H3. The van der Waals surface area contributed by atoms with Crippen molar-refractivity contribution >= 4 is 39.7 Å². The number of hydrogen-bond acceptors (Lipinski definition) is 3. The van der Waals surface area contributed by atoms with Crippen molar-refractivity contribution in [3.8, 4) is 27.9 Å². The summed E-state index contributed by atoms with van der Waals surface area (Å²) in [6, 6.07) is 41.9. The van der Waals surface area contributed by atoms with Crippen LogP contribution >= 0.6 is 0 Å². The first-order valence-electron chi connectivity index (χ1n) is 14.1. The molecule has 2 aromatic heterocycles.